The summed E-state index contributed by atoms with van der Waals surface area (Å²) in [4.78, 5) is 8.11. The maximum Gasteiger partial charge on any atom is 0.158 e. The van der Waals surface area contributed by atoms with Crippen LogP contribution in [0.3, 0.4) is 0 Å². The van der Waals surface area contributed by atoms with E-state index in [1.165, 1.54) is 11.8 Å². The molecule has 0 aliphatic carbocycles. The number of nitrogens with one attached hydrogen (secondary N) is 1. The molecule has 0 spiro atoms. The molecule has 2 N–H and O–H groups in total. The Balaban J connectivity index is 2.03. The van der Waals surface area contributed by atoms with Crippen molar-refractivity contribution in [3.8, 4) is 6.07 Å². The zero-order chi connectivity index (χ0) is 15.1. The molecule has 0 aliphatic heterocycles. The van der Waals surface area contributed by atoms with Crippen LogP contribution in [0, 0.1) is 11.3 Å². The third-order valence-electron chi connectivity index (χ3n) is 3.19. The summed E-state index contributed by atoms with van der Waals surface area (Å²) in [6, 6.07) is 12.0. The van der Waals surface area contributed by atoms with Crippen molar-refractivity contribution in [2.24, 2.45) is 0 Å². The Bertz CT molecular complexity index is 590. The molecular formula is C16H18N4O. The maximum atomic E-state index is 9.66. The third kappa shape index (κ3) is 4.55. The molecule has 0 fully saturated rings. The summed E-state index contributed by atoms with van der Waals surface area (Å²) >= 11 is 0. The van der Waals surface area contributed by atoms with Crippen molar-refractivity contribution in [3.63, 3.8) is 0 Å². The predicted octanol–water partition coefficient (Wildman–Crippen LogP) is 2.31. The van der Waals surface area contributed by atoms with E-state index in [1.807, 2.05) is 24.3 Å². The van der Waals surface area contributed by atoms with Crippen LogP contribution in [0.5, 0.6) is 0 Å². The normalized spacial score (nSPS) is 13.2. The van der Waals surface area contributed by atoms with Crippen molar-refractivity contribution in [2.45, 2.75) is 25.4 Å². The van der Waals surface area contributed by atoms with E-state index in [-0.39, 0.29) is 12.0 Å². The van der Waals surface area contributed by atoms with Crippen LogP contribution in [0.4, 0.5) is 5.82 Å². The molecule has 0 radical (unpaired) electrons. The van der Waals surface area contributed by atoms with E-state index in [2.05, 4.69) is 27.4 Å². The number of hydrogen-bond donors (Lipinski definition) is 2. The molecule has 2 unspecified atom stereocenters. The van der Waals surface area contributed by atoms with Crippen LogP contribution >= 0.6 is 0 Å². The first-order valence-corrected chi connectivity index (χ1v) is 6.88. The lowest BCUT2D eigenvalue weighted by atomic mass is 9.93. The fourth-order valence-corrected chi connectivity index (χ4v) is 2.18. The van der Waals surface area contributed by atoms with Gasteiger partial charge in [0.25, 0.3) is 0 Å². The van der Waals surface area contributed by atoms with Crippen molar-refractivity contribution in [2.75, 3.05) is 11.9 Å². The second-order valence-electron chi connectivity index (χ2n) is 4.97. The molecule has 1 aromatic heterocycles. The van der Waals surface area contributed by atoms with Crippen molar-refractivity contribution < 1.29 is 5.11 Å². The summed E-state index contributed by atoms with van der Waals surface area (Å²) in [7, 11) is 0. The number of aromatic nitrogens is 2. The van der Waals surface area contributed by atoms with Gasteiger partial charge in [0.1, 0.15) is 11.9 Å². The summed E-state index contributed by atoms with van der Waals surface area (Å²) in [5, 5.41) is 21.6. The molecule has 108 valence electrons. The summed E-state index contributed by atoms with van der Waals surface area (Å²) in [6.07, 6.45) is 3.28. The molecule has 5 nitrogen and oxygen atoms in total. The van der Waals surface area contributed by atoms with Crippen molar-refractivity contribution in [1.29, 1.82) is 5.26 Å². The van der Waals surface area contributed by atoms with Crippen molar-refractivity contribution in [1.82, 2.24) is 9.97 Å². The van der Waals surface area contributed by atoms with E-state index < -0.39 is 0 Å². The minimum Gasteiger partial charge on any atom is -0.393 e. The molecule has 0 aliphatic rings. The zero-order valence-corrected chi connectivity index (χ0v) is 11.9. The first-order valence-electron chi connectivity index (χ1n) is 6.88. The van der Waals surface area contributed by atoms with Crippen LogP contribution < -0.4 is 5.32 Å². The molecule has 0 amide bonds. The molecule has 1 heterocycles. The number of benzene rings is 1. The summed E-state index contributed by atoms with van der Waals surface area (Å²) in [6.45, 7) is 2.44. The van der Waals surface area contributed by atoms with Crippen molar-refractivity contribution in [3.05, 3.63) is 54.0 Å². The van der Waals surface area contributed by atoms with Gasteiger partial charge < -0.3 is 10.4 Å². The van der Waals surface area contributed by atoms with Gasteiger partial charge in [0.2, 0.25) is 0 Å². The standard InChI is InChI=1S/C16H18N4O/c1-12(21)7-14(13-5-3-2-4-6-13)9-19-16-11-18-15(8-17)10-20-16/h2-6,10-12,14,21H,7,9H2,1H3,(H,19,20). The van der Waals surface area contributed by atoms with Crippen LogP contribution in [0.15, 0.2) is 42.7 Å². The van der Waals surface area contributed by atoms with Gasteiger partial charge in [0, 0.05) is 12.5 Å². The van der Waals surface area contributed by atoms with E-state index in [9.17, 15) is 5.11 Å². The zero-order valence-electron chi connectivity index (χ0n) is 11.9. The number of hydrogen-bond acceptors (Lipinski definition) is 5. The average molecular weight is 282 g/mol. The molecule has 2 atom stereocenters. The third-order valence-corrected chi connectivity index (χ3v) is 3.19. The smallest absolute Gasteiger partial charge is 0.158 e. The highest BCUT2D eigenvalue weighted by atomic mass is 16.3. The lowest BCUT2D eigenvalue weighted by Crippen LogP contribution is -2.18. The Morgan fingerprint density at radius 2 is 2.00 bits per heavy atom. The molecule has 0 saturated carbocycles. The first kappa shape index (κ1) is 14.9. The maximum absolute atomic E-state index is 9.66. The van der Waals surface area contributed by atoms with Crippen LogP contribution in [0.2, 0.25) is 0 Å². The Morgan fingerprint density at radius 1 is 1.24 bits per heavy atom. The molecule has 2 aromatic rings. The van der Waals surface area contributed by atoms with Gasteiger partial charge in [-0.25, -0.2) is 9.97 Å². The van der Waals surface area contributed by atoms with E-state index in [0.717, 1.165) is 0 Å². The Kier molecular flexibility index (Phi) is 5.24. The second-order valence-corrected chi connectivity index (χ2v) is 4.97. The van der Waals surface area contributed by atoms with Crippen LogP contribution in [0.25, 0.3) is 0 Å². The van der Waals surface area contributed by atoms with Gasteiger partial charge in [0.15, 0.2) is 5.69 Å². The molecule has 0 saturated heterocycles. The quantitative estimate of drug-likeness (QED) is 0.849. The molecule has 5 heteroatoms. The van der Waals surface area contributed by atoms with Gasteiger partial charge in [-0.3, -0.25) is 0 Å². The van der Waals surface area contributed by atoms with Crippen LogP contribution in [-0.4, -0.2) is 27.7 Å². The van der Waals surface area contributed by atoms with Crippen LogP contribution in [0.1, 0.15) is 30.5 Å². The van der Waals surface area contributed by atoms with Crippen molar-refractivity contribution >= 4 is 5.82 Å². The van der Waals surface area contributed by atoms with Crippen LogP contribution in [-0.2, 0) is 0 Å². The highest BCUT2D eigenvalue weighted by molar-refractivity contribution is 5.34. The number of nitrogens with zero attached hydrogens (tertiary/aromatic N) is 3. The molecule has 2 rings (SSSR count). The summed E-state index contributed by atoms with van der Waals surface area (Å²) < 4.78 is 0. The van der Waals surface area contributed by atoms with Gasteiger partial charge >= 0.3 is 0 Å². The summed E-state index contributed by atoms with van der Waals surface area (Å²) in [5.41, 5.74) is 1.47. The van der Waals surface area contributed by atoms with E-state index in [4.69, 9.17) is 5.26 Å². The number of nitriles is 1. The Labute approximate surface area is 124 Å². The van der Waals surface area contributed by atoms with Gasteiger partial charge in [-0.15, -0.1) is 0 Å². The summed E-state index contributed by atoms with van der Waals surface area (Å²) in [5.74, 6) is 0.809. The highest BCUT2D eigenvalue weighted by Crippen LogP contribution is 2.21. The second kappa shape index (κ2) is 7.36. The first-order chi connectivity index (χ1) is 10.2. The fraction of sp³-hybridized carbons (Fsp3) is 0.312. The number of aliphatic hydroxyl groups excluding tert-OH is 1. The lowest BCUT2D eigenvalue weighted by molar-refractivity contribution is 0.175. The van der Waals surface area contributed by atoms with Gasteiger partial charge in [0.05, 0.1) is 18.5 Å². The van der Waals surface area contributed by atoms with Gasteiger partial charge in [-0.05, 0) is 18.9 Å². The fourth-order valence-electron chi connectivity index (χ4n) is 2.18. The van der Waals surface area contributed by atoms with Gasteiger partial charge in [-0.1, -0.05) is 30.3 Å². The van der Waals surface area contributed by atoms with E-state index in [0.29, 0.717) is 24.5 Å². The monoisotopic (exact) mass is 282 g/mol. The molecule has 21 heavy (non-hydrogen) atoms. The SMILES string of the molecule is CC(O)CC(CNc1cnc(C#N)cn1)c1ccccc1. The molecular weight excluding hydrogens is 264 g/mol. The molecule has 1 aromatic carbocycles. The minimum absolute atomic E-state index is 0.184. The average Bonchev–Trinajstić information content (AvgIpc) is 2.52. The molecule has 0 bridgehead atoms. The highest BCUT2D eigenvalue weighted by Gasteiger charge is 2.14. The van der Waals surface area contributed by atoms with E-state index in [1.54, 1.807) is 13.1 Å². The number of aliphatic hydroxyl groups is 1. The largest absolute Gasteiger partial charge is 0.393 e. The Morgan fingerprint density at radius 3 is 2.57 bits per heavy atom. The topological polar surface area (TPSA) is 81.8 Å². The lowest BCUT2D eigenvalue weighted by Gasteiger charge is -2.19. The minimum atomic E-state index is -0.371. The van der Waals surface area contributed by atoms with E-state index >= 15 is 0 Å². The Hall–Kier alpha value is -2.45. The number of anilines is 1. The number of rotatable bonds is 6. The predicted molar refractivity (Wildman–Crippen MR) is 80.7 cm³/mol. The van der Waals surface area contributed by atoms with Gasteiger partial charge in [-0.2, -0.15) is 5.26 Å².